The Hall–Kier alpha value is -3.88. The maximum absolute atomic E-state index is 13.3. The number of carbonyl (C=O) groups excluding carboxylic acids is 2. The van der Waals surface area contributed by atoms with Gasteiger partial charge in [-0.15, -0.1) is 0 Å². The largest absolute Gasteiger partial charge is 0.493 e. The molecule has 0 aliphatic carbocycles. The number of rotatable bonds is 6. The molecule has 172 valence electrons. The van der Waals surface area contributed by atoms with Crippen molar-refractivity contribution in [1.82, 2.24) is 15.0 Å². The molecule has 1 saturated heterocycles. The van der Waals surface area contributed by atoms with Crippen LogP contribution in [-0.4, -0.2) is 54.2 Å². The van der Waals surface area contributed by atoms with Crippen LogP contribution in [0.15, 0.2) is 47.0 Å². The molecule has 33 heavy (non-hydrogen) atoms. The Morgan fingerprint density at radius 3 is 2.61 bits per heavy atom. The fourth-order valence-corrected chi connectivity index (χ4v) is 4.01. The summed E-state index contributed by atoms with van der Waals surface area (Å²) in [5.74, 6) is 1.61. The molecule has 2 amide bonds. The van der Waals surface area contributed by atoms with Gasteiger partial charge in [-0.3, -0.25) is 9.59 Å². The van der Waals surface area contributed by atoms with Gasteiger partial charge in [0, 0.05) is 31.3 Å². The van der Waals surface area contributed by atoms with Crippen molar-refractivity contribution in [2.24, 2.45) is 0 Å². The van der Waals surface area contributed by atoms with E-state index in [4.69, 9.17) is 14.0 Å². The Morgan fingerprint density at radius 1 is 1.12 bits per heavy atom. The molecule has 2 heterocycles. The second-order valence-electron chi connectivity index (χ2n) is 7.85. The van der Waals surface area contributed by atoms with Gasteiger partial charge in [0.1, 0.15) is 0 Å². The highest BCUT2D eigenvalue weighted by Crippen LogP contribution is 2.34. The lowest BCUT2D eigenvalue weighted by molar-refractivity contribution is -0.114. The highest BCUT2D eigenvalue weighted by atomic mass is 16.5. The first-order valence-electron chi connectivity index (χ1n) is 10.7. The quantitative estimate of drug-likeness (QED) is 0.610. The second kappa shape index (κ2) is 9.72. The third-order valence-electron chi connectivity index (χ3n) is 5.60. The van der Waals surface area contributed by atoms with E-state index in [1.807, 2.05) is 12.1 Å². The van der Waals surface area contributed by atoms with Crippen LogP contribution in [0.2, 0.25) is 0 Å². The van der Waals surface area contributed by atoms with Crippen molar-refractivity contribution in [2.45, 2.75) is 25.7 Å². The molecule has 0 saturated carbocycles. The summed E-state index contributed by atoms with van der Waals surface area (Å²) in [5.41, 5.74) is 1.94. The number of ether oxygens (including phenoxy) is 2. The molecule has 1 aliphatic heterocycles. The van der Waals surface area contributed by atoms with Gasteiger partial charge in [0.25, 0.3) is 5.91 Å². The molecule has 3 aromatic rings. The monoisotopic (exact) mass is 450 g/mol. The van der Waals surface area contributed by atoms with Crippen LogP contribution in [0.5, 0.6) is 11.5 Å². The van der Waals surface area contributed by atoms with Gasteiger partial charge in [-0.25, -0.2) is 0 Å². The van der Waals surface area contributed by atoms with Crippen LogP contribution in [0.3, 0.4) is 0 Å². The van der Waals surface area contributed by atoms with Crippen LogP contribution in [0.4, 0.5) is 5.69 Å². The normalized spacial score (nSPS) is 15.7. The van der Waals surface area contributed by atoms with E-state index >= 15 is 0 Å². The zero-order chi connectivity index (χ0) is 23.4. The highest BCUT2D eigenvalue weighted by Gasteiger charge is 2.31. The van der Waals surface area contributed by atoms with Crippen molar-refractivity contribution in [3.05, 3.63) is 53.9 Å². The second-order valence-corrected chi connectivity index (χ2v) is 7.85. The number of piperidine rings is 1. The highest BCUT2D eigenvalue weighted by molar-refractivity contribution is 5.98. The summed E-state index contributed by atoms with van der Waals surface area (Å²) in [5, 5.41) is 6.84. The number of benzene rings is 2. The summed E-state index contributed by atoms with van der Waals surface area (Å²) in [6, 6.07) is 12.5. The first-order chi connectivity index (χ1) is 16.0. The van der Waals surface area contributed by atoms with Gasteiger partial charge in [0.2, 0.25) is 17.6 Å². The molecule has 0 unspecified atom stereocenters. The fraction of sp³-hybridized carbons (Fsp3) is 0.333. The number of hydrogen-bond donors (Lipinski definition) is 1. The minimum atomic E-state index is -0.132. The number of anilines is 1. The van der Waals surface area contributed by atoms with Gasteiger partial charge in [-0.1, -0.05) is 11.2 Å². The van der Waals surface area contributed by atoms with E-state index in [1.54, 1.807) is 42.3 Å². The van der Waals surface area contributed by atoms with Crippen molar-refractivity contribution >= 4 is 17.5 Å². The van der Waals surface area contributed by atoms with Gasteiger partial charge in [-0.2, -0.15) is 4.98 Å². The summed E-state index contributed by atoms with van der Waals surface area (Å²) in [4.78, 5) is 30.8. The number of likely N-dealkylation sites (tertiary alicyclic amines) is 1. The van der Waals surface area contributed by atoms with Crippen molar-refractivity contribution in [2.75, 3.05) is 32.6 Å². The molecule has 2 aromatic carbocycles. The molecule has 1 aliphatic rings. The summed E-state index contributed by atoms with van der Waals surface area (Å²) >= 11 is 0. The summed E-state index contributed by atoms with van der Waals surface area (Å²) in [6.07, 6.45) is 1.67. The Labute approximate surface area is 191 Å². The molecule has 0 bridgehead atoms. The van der Waals surface area contributed by atoms with E-state index < -0.39 is 0 Å². The van der Waals surface area contributed by atoms with Gasteiger partial charge in [-0.05, 0) is 49.2 Å². The molecule has 1 aromatic heterocycles. The van der Waals surface area contributed by atoms with Gasteiger partial charge in [0.05, 0.1) is 25.7 Å². The predicted octanol–water partition coefficient (Wildman–Crippen LogP) is 3.73. The predicted molar refractivity (Wildman–Crippen MR) is 121 cm³/mol. The van der Waals surface area contributed by atoms with Crippen molar-refractivity contribution in [3.63, 3.8) is 0 Å². The first kappa shape index (κ1) is 22.3. The van der Waals surface area contributed by atoms with E-state index in [9.17, 15) is 9.59 Å². The number of carbonyl (C=O) groups is 2. The zero-order valence-electron chi connectivity index (χ0n) is 18.8. The summed E-state index contributed by atoms with van der Waals surface area (Å²) in [7, 11) is 3.07. The lowest BCUT2D eigenvalue weighted by Gasteiger charge is -2.31. The third kappa shape index (κ3) is 4.82. The minimum absolute atomic E-state index is 0.0563. The Balaban J connectivity index is 1.49. The molecular formula is C24H26N4O5. The lowest BCUT2D eigenvalue weighted by Crippen LogP contribution is -2.39. The molecule has 9 nitrogen and oxygen atoms in total. The van der Waals surface area contributed by atoms with Crippen LogP contribution in [0.25, 0.3) is 11.4 Å². The number of nitrogens with zero attached hydrogens (tertiary/aromatic N) is 3. The number of methoxy groups -OCH3 is 2. The maximum Gasteiger partial charge on any atom is 0.257 e. The van der Waals surface area contributed by atoms with Gasteiger partial charge >= 0.3 is 0 Å². The molecule has 4 rings (SSSR count). The number of aromatic nitrogens is 2. The molecule has 1 N–H and O–H groups in total. The van der Waals surface area contributed by atoms with Gasteiger partial charge in [0.15, 0.2) is 11.5 Å². The molecule has 1 atom stereocenters. The standard InChI is InChI=1S/C24H26N4O5/c1-15(29)25-18-11-9-16(10-12-18)22-26-23(33-27-22)17-6-5-13-28(14-17)24(30)19-7-4-8-20(31-2)21(19)32-3/h4,7-12,17H,5-6,13-14H2,1-3H3,(H,25,29)/t17-/m1/s1. The molecular weight excluding hydrogens is 424 g/mol. The van der Waals surface area contributed by atoms with Crippen molar-refractivity contribution in [3.8, 4) is 22.9 Å². The van der Waals surface area contributed by atoms with E-state index in [0.717, 1.165) is 18.4 Å². The minimum Gasteiger partial charge on any atom is -0.493 e. The average Bonchev–Trinajstić information content (AvgIpc) is 3.33. The van der Waals surface area contributed by atoms with Crippen LogP contribution in [0.1, 0.15) is 41.9 Å². The first-order valence-corrected chi connectivity index (χ1v) is 10.7. The third-order valence-corrected chi connectivity index (χ3v) is 5.60. The number of nitrogens with one attached hydrogen (secondary N) is 1. The zero-order valence-corrected chi connectivity index (χ0v) is 18.8. The average molecular weight is 450 g/mol. The van der Waals surface area contributed by atoms with Crippen LogP contribution in [0, 0.1) is 0 Å². The topological polar surface area (TPSA) is 107 Å². The molecule has 0 spiro atoms. The Morgan fingerprint density at radius 2 is 1.91 bits per heavy atom. The SMILES string of the molecule is COc1cccc(C(=O)N2CCC[C@@H](c3nc(-c4ccc(NC(C)=O)cc4)no3)C2)c1OC. The van der Waals surface area contributed by atoms with E-state index in [1.165, 1.54) is 14.0 Å². The summed E-state index contributed by atoms with van der Waals surface area (Å²) in [6.45, 7) is 2.57. The van der Waals surface area contributed by atoms with E-state index in [-0.39, 0.29) is 17.7 Å². The number of amides is 2. The van der Waals surface area contributed by atoms with Crippen molar-refractivity contribution in [1.29, 1.82) is 0 Å². The Bertz CT molecular complexity index is 1140. The van der Waals surface area contributed by atoms with Crippen LogP contribution in [-0.2, 0) is 4.79 Å². The molecule has 1 fully saturated rings. The Kier molecular flexibility index (Phi) is 6.58. The lowest BCUT2D eigenvalue weighted by atomic mass is 9.97. The maximum atomic E-state index is 13.3. The van der Waals surface area contributed by atoms with E-state index in [2.05, 4.69) is 15.5 Å². The number of para-hydroxylation sites is 1. The smallest absolute Gasteiger partial charge is 0.257 e. The van der Waals surface area contributed by atoms with Crippen molar-refractivity contribution < 1.29 is 23.6 Å². The summed E-state index contributed by atoms with van der Waals surface area (Å²) < 4.78 is 16.3. The van der Waals surface area contributed by atoms with Crippen LogP contribution < -0.4 is 14.8 Å². The van der Waals surface area contributed by atoms with Crippen LogP contribution >= 0.6 is 0 Å². The fourth-order valence-electron chi connectivity index (χ4n) is 4.01. The molecule has 0 radical (unpaired) electrons. The van der Waals surface area contributed by atoms with E-state index in [0.29, 0.717) is 47.6 Å². The molecule has 9 heteroatoms. The number of hydrogen-bond acceptors (Lipinski definition) is 7. The van der Waals surface area contributed by atoms with Gasteiger partial charge < -0.3 is 24.2 Å².